The lowest BCUT2D eigenvalue weighted by Crippen LogP contribution is -2.13. The van der Waals surface area contributed by atoms with E-state index in [0.29, 0.717) is 19.0 Å². The third-order valence-electron chi connectivity index (χ3n) is 3.88. The first kappa shape index (κ1) is 20.5. The maximum Gasteiger partial charge on any atom is 0.234 e. The SMILES string of the molecule is CCCCOc1ccc(NC(=O)CSc2nc3ccc(OCC)cc3s2)cc1. The van der Waals surface area contributed by atoms with Gasteiger partial charge in [-0.15, -0.1) is 11.3 Å². The van der Waals surface area contributed by atoms with Gasteiger partial charge in [0, 0.05) is 5.69 Å². The molecule has 148 valence electrons. The number of carbonyl (C=O) groups is 1. The van der Waals surface area contributed by atoms with Gasteiger partial charge >= 0.3 is 0 Å². The summed E-state index contributed by atoms with van der Waals surface area (Å²) in [4.78, 5) is 16.8. The van der Waals surface area contributed by atoms with Crippen LogP contribution in [0.3, 0.4) is 0 Å². The summed E-state index contributed by atoms with van der Waals surface area (Å²) >= 11 is 3.01. The van der Waals surface area contributed by atoms with Crippen LogP contribution >= 0.6 is 23.1 Å². The van der Waals surface area contributed by atoms with Gasteiger partial charge in [0.05, 0.1) is 29.2 Å². The minimum absolute atomic E-state index is 0.0566. The van der Waals surface area contributed by atoms with Crippen LogP contribution in [0.5, 0.6) is 11.5 Å². The van der Waals surface area contributed by atoms with E-state index in [-0.39, 0.29) is 5.91 Å². The van der Waals surface area contributed by atoms with E-state index in [1.54, 1.807) is 11.3 Å². The van der Waals surface area contributed by atoms with E-state index >= 15 is 0 Å². The molecule has 0 radical (unpaired) electrons. The first-order chi connectivity index (χ1) is 13.7. The standard InChI is InChI=1S/C21H24N2O3S2/c1-3-5-12-26-16-8-6-15(7-9-16)22-20(24)14-27-21-23-18-11-10-17(25-4-2)13-19(18)28-21/h6-11,13H,3-5,12,14H2,1-2H3,(H,22,24). The number of rotatable bonds is 10. The summed E-state index contributed by atoms with van der Waals surface area (Å²) in [7, 11) is 0. The van der Waals surface area contributed by atoms with Crippen molar-refractivity contribution in [3.8, 4) is 11.5 Å². The van der Waals surface area contributed by atoms with Crippen LogP contribution in [-0.2, 0) is 4.79 Å². The Bertz CT molecular complexity index is 910. The maximum atomic E-state index is 12.2. The molecule has 3 rings (SSSR count). The molecule has 3 aromatic rings. The average Bonchev–Trinajstić information content (AvgIpc) is 3.10. The molecule has 0 spiro atoms. The molecule has 0 fully saturated rings. The highest BCUT2D eigenvalue weighted by Crippen LogP contribution is 2.32. The summed E-state index contributed by atoms with van der Waals surface area (Å²) in [6.07, 6.45) is 2.14. The number of amides is 1. The van der Waals surface area contributed by atoms with Crippen LogP contribution in [0.4, 0.5) is 5.69 Å². The van der Waals surface area contributed by atoms with Crippen molar-refractivity contribution in [2.45, 2.75) is 31.0 Å². The maximum absolute atomic E-state index is 12.2. The van der Waals surface area contributed by atoms with Gasteiger partial charge in [0.1, 0.15) is 11.5 Å². The van der Waals surface area contributed by atoms with Crippen LogP contribution in [0, 0.1) is 0 Å². The lowest BCUT2D eigenvalue weighted by atomic mass is 10.3. The predicted molar refractivity (Wildman–Crippen MR) is 117 cm³/mol. The number of carbonyl (C=O) groups excluding carboxylic acids is 1. The molecule has 0 atom stereocenters. The molecule has 1 amide bonds. The molecule has 1 heterocycles. The summed E-state index contributed by atoms with van der Waals surface area (Å²) < 4.78 is 13.1. The Balaban J connectivity index is 1.50. The van der Waals surface area contributed by atoms with Gasteiger partial charge in [0.25, 0.3) is 0 Å². The number of anilines is 1. The second-order valence-electron chi connectivity index (χ2n) is 6.11. The van der Waals surface area contributed by atoms with Crippen LogP contribution in [0.2, 0.25) is 0 Å². The third-order valence-corrected chi connectivity index (χ3v) is 6.04. The van der Waals surface area contributed by atoms with Gasteiger partial charge in [-0.1, -0.05) is 25.1 Å². The molecule has 0 saturated heterocycles. The Morgan fingerprint density at radius 1 is 1.11 bits per heavy atom. The lowest BCUT2D eigenvalue weighted by Gasteiger charge is -2.07. The molecular weight excluding hydrogens is 392 g/mol. The number of nitrogens with zero attached hydrogens (tertiary/aromatic N) is 1. The zero-order valence-corrected chi connectivity index (χ0v) is 17.7. The number of nitrogens with one attached hydrogen (secondary N) is 1. The number of aromatic nitrogens is 1. The third kappa shape index (κ3) is 5.87. The molecule has 2 aromatic carbocycles. The van der Waals surface area contributed by atoms with E-state index in [9.17, 15) is 4.79 Å². The molecule has 0 bridgehead atoms. The van der Waals surface area contributed by atoms with Crippen molar-refractivity contribution in [2.24, 2.45) is 0 Å². The van der Waals surface area contributed by atoms with Gasteiger partial charge in [-0.2, -0.15) is 0 Å². The fraction of sp³-hybridized carbons (Fsp3) is 0.333. The van der Waals surface area contributed by atoms with Crippen molar-refractivity contribution in [3.05, 3.63) is 42.5 Å². The van der Waals surface area contributed by atoms with E-state index in [4.69, 9.17) is 9.47 Å². The number of unbranched alkanes of at least 4 members (excludes halogenated alkanes) is 1. The summed E-state index contributed by atoms with van der Waals surface area (Å²) in [6, 6.07) is 13.3. The number of fused-ring (bicyclic) bond motifs is 1. The molecule has 0 unspecified atom stereocenters. The topological polar surface area (TPSA) is 60.5 Å². The number of benzene rings is 2. The van der Waals surface area contributed by atoms with Crippen molar-refractivity contribution >= 4 is 44.9 Å². The molecule has 5 nitrogen and oxygen atoms in total. The predicted octanol–water partition coefficient (Wildman–Crippen LogP) is 5.60. The van der Waals surface area contributed by atoms with Crippen LogP contribution in [0.15, 0.2) is 46.8 Å². The molecule has 0 aliphatic heterocycles. The highest BCUT2D eigenvalue weighted by molar-refractivity contribution is 8.01. The second-order valence-corrected chi connectivity index (χ2v) is 8.36. The highest BCUT2D eigenvalue weighted by atomic mass is 32.2. The van der Waals surface area contributed by atoms with Gasteiger partial charge in [-0.25, -0.2) is 4.98 Å². The van der Waals surface area contributed by atoms with E-state index in [0.717, 1.165) is 44.6 Å². The molecule has 0 aliphatic carbocycles. The molecule has 1 aromatic heterocycles. The molecule has 1 N–H and O–H groups in total. The van der Waals surface area contributed by atoms with Gasteiger partial charge in [-0.3, -0.25) is 4.79 Å². The van der Waals surface area contributed by atoms with Crippen LogP contribution in [0.1, 0.15) is 26.7 Å². The molecule has 7 heteroatoms. The molecule has 0 aliphatic rings. The quantitative estimate of drug-likeness (QED) is 0.344. The van der Waals surface area contributed by atoms with E-state index < -0.39 is 0 Å². The van der Waals surface area contributed by atoms with Crippen molar-refractivity contribution in [3.63, 3.8) is 0 Å². The largest absolute Gasteiger partial charge is 0.494 e. The number of ether oxygens (including phenoxy) is 2. The van der Waals surface area contributed by atoms with Gasteiger partial charge < -0.3 is 14.8 Å². The van der Waals surface area contributed by atoms with E-state index in [2.05, 4.69) is 17.2 Å². The fourth-order valence-corrected chi connectivity index (χ4v) is 4.39. The van der Waals surface area contributed by atoms with E-state index in [1.807, 2.05) is 49.4 Å². The first-order valence-electron chi connectivity index (χ1n) is 9.37. The Morgan fingerprint density at radius 3 is 2.64 bits per heavy atom. The summed E-state index contributed by atoms with van der Waals surface area (Å²) in [5.41, 5.74) is 1.69. The van der Waals surface area contributed by atoms with Crippen molar-refractivity contribution < 1.29 is 14.3 Å². The fourth-order valence-electron chi connectivity index (χ4n) is 2.50. The monoisotopic (exact) mass is 416 g/mol. The van der Waals surface area contributed by atoms with Crippen molar-refractivity contribution in [1.29, 1.82) is 0 Å². The lowest BCUT2D eigenvalue weighted by molar-refractivity contribution is -0.113. The van der Waals surface area contributed by atoms with Gasteiger partial charge in [0.2, 0.25) is 5.91 Å². The average molecular weight is 417 g/mol. The van der Waals surface area contributed by atoms with Gasteiger partial charge in [0.15, 0.2) is 4.34 Å². The first-order valence-corrected chi connectivity index (χ1v) is 11.2. The summed E-state index contributed by atoms with van der Waals surface area (Å²) in [5.74, 6) is 1.92. The number of thiazole rings is 1. The normalized spacial score (nSPS) is 10.8. The van der Waals surface area contributed by atoms with Crippen LogP contribution < -0.4 is 14.8 Å². The van der Waals surface area contributed by atoms with Crippen molar-refractivity contribution in [2.75, 3.05) is 24.3 Å². The van der Waals surface area contributed by atoms with Gasteiger partial charge in [-0.05, 0) is 55.8 Å². The Morgan fingerprint density at radius 2 is 1.89 bits per heavy atom. The van der Waals surface area contributed by atoms with E-state index in [1.165, 1.54) is 11.8 Å². The molecule has 28 heavy (non-hydrogen) atoms. The van der Waals surface area contributed by atoms with Crippen LogP contribution in [-0.4, -0.2) is 29.9 Å². The number of thioether (sulfide) groups is 1. The zero-order valence-electron chi connectivity index (χ0n) is 16.1. The summed E-state index contributed by atoms with van der Waals surface area (Å²) in [6.45, 7) is 5.45. The Kier molecular flexibility index (Phi) is 7.56. The minimum Gasteiger partial charge on any atom is -0.494 e. The minimum atomic E-state index is -0.0566. The smallest absolute Gasteiger partial charge is 0.234 e. The Labute approximate surface area is 173 Å². The molecular formula is C21H24N2O3S2. The second kappa shape index (κ2) is 10.3. The summed E-state index contributed by atoms with van der Waals surface area (Å²) in [5, 5.41) is 2.91. The zero-order chi connectivity index (χ0) is 19.8. The Hall–Kier alpha value is -2.25. The van der Waals surface area contributed by atoms with Crippen LogP contribution in [0.25, 0.3) is 10.2 Å². The molecule has 0 saturated carbocycles. The highest BCUT2D eigenvalue weighted by Gasteiger charge is 2.09. The number of hydrogen-bond acceptors (Lipinski definition) is 6. The van der Waals surface area contributed by atoms with Crippen molar-refractivity contribution in [1.82, 2.24) is 4.98 Å². The number of hydrogen-bond donors (Lipinski definition) is 1.